The number of rotatable bonds is 5. The topological polar surface area (TPSA) is 92.1 Å². The Morgan fingerprint density at radius 2 is 2.11 bits per heavy atom. The van der Waals surface area contributed by atoms with Crippen LogP contribution in [0.5, 0.6) is 0 Å². The molecule has 2 aromatic rings. The van der Waals surface area contributed by atoms with Crippen LogP contribution in [0.3, 0.4) is 0 Å². The highest BCUT2D eigenvalue weighted by Gasteiger charge is 2.24. The average Bonchev–Trinajstić information content (AvgIpc) is 2.92. The molecule has 0 saturated carbocycles. The third-order valence-corrected chi connectivity index (χ3v) is 4.69. The predicted molar refractivity (Wildman–Crippen MR) is 72.7 cm³/mol. The van der Waals surface area contributed by atoms with Crippen LogP contribution in [0.2, 0.25) is 0 Å². The van der Waals surface area contributed by atoms with Crippen LogP contribution < -0.4 is 5.73 Å². The molecule has 0 unspecified atom stereocenters. The molecule has 0 spiro atoms. The fraction of sp³-hybridized carbons (Fsp3) is 0.250. The molecule has 1 heterocycles. The summed E-state index contributed by atoms with van der Waals surface area (Å²) in [5.74, 6) is 0. The summed E-state index contributed by atoms with van der Waals surface area (Å²) in [7, 11) is -3.56. The summed E-state index contributed by atoms with van der Waals surface area (Å²) < 4.78 is 26.1. The van der Waals surface area contributed by atoms with Gasteiger partial charge in [0.1, 0.15) is 0 Å². The number of benzene rings is 1. The molecule has 7 heteroatoms. The summed E-state index contributed by atoms with van der Waals surface area (Å²) in [6, 6.07) is 7.23. The van der Waals surface area contributed by atoms with Gasteiger partial charge in [0, 0.05) is 18.8 Å². The van der Waals surface area contributed by atoms with Crippen LogP contribution in [0.15, 0.2) is 41.8 Å². The van der Waals surface area contributed by atoms with Crippen LogP contribution in [0.25, 0.3) is 0 Å². The smallest absolute Gasteiger partial charge is 0.260 e. The number of aromatic nitrogens is 2. The summed E-state index contributed by atoms with van der Waals surface area (Å²) in [5.41, 5.74) is 7.21. The maximum absolute atomic E-state index is 12.4. The lowest BCUT2D eigenvalue weighted by atomic mass is 10.2. The van der Waals surface area contributed by atoms with Crippen molar-refractivity contribution in [3.8, 4) is 0 Å². The molecule has 0 amide bonds. The molecule has 3 N–H and O–H groups in total. The van der Waals surface area contributed by atoms with Gasteiger partial charge in [-0.1, -0.05) is 25.1 Å². The Kier molecular flexibility index (Phi) is 3.87. The first-order chi connectivity index (χ1) is 9.05. The number of H-pyrrole nitrogens is 1. The molecule has 0 bridgehead atoms. The molecule has 19 heavy (non-hydrogen) atoms. The molecule has 0 radical (unpaired) electrons. The number of nitrogens with two attached hydrogens (primary N) is 1. The number of aromatic amines is 1. The van der Waals surface area contributed by atoms with Gasteiger partial charge in [0.05, 0.1) is 12.5 Å². The Labute approximate surface area is 112 Å². The molecule has 2 rings (SSSR count). The highest BCUT2D eigenvalue weighted by molar-refractivity contribution is 7.89. The van der Waals surface area contributed by atoms with Crippen LogP contribution in [0, 0.1) is 0 Å². The summed E-state index contributed by atoms with van der Waals surface area (Å²) >= 11 is 0. The minimum atomic E-state index is -3.56. The second-order valence-electron chi connectivity index (χ2n) is 4.05. The van der Waals surface area contributed by atoms with E-state index in [-0.39, 0.29) is 11.6 Å². The summed E-state index contributed by atoms with van der Waals surface area (Å²) in [5, 5.41) is 0.0869. The van der Waals surface area contributed by atoms with Gasteiger partial charge in [0.2, 0.25) is 0 Å². The van der Waals surface area contributed by atoms with E-state index in [0.717, 1.165) is 5.56 Å². The van der Waals surface area contributed by atoms with Crippen LogP contribution in [-0.4, -0.2) is 29.2 Å². The summed E-state index contributed by atoms with van der Waals surface area (Å²) in [6.07, 6.45) is 2.64. The van der Waals surface area contributed by atoms with Gasteiger partial charge >= 0.3 is 0 Å². The van der Waals surface area contributed by atoms with Crippen LogP contribution >= 0.6 is 0 Å². The Balaban J connectivity index is 2.29. The number of nitrogens with zero attached hydrogens (tertiary/aromatic N) is 2. The van der Waals surface area contributed by atoms with Crippen molar-refractivity contribution >= 4 is 15.7 Å². The van der Waals surface area contributed by atoms with E-state index < -0.39 is 10.0 Å². The molecule has 0 aliphatic carbocycles. The van der Waals surface area contributed by atoms with Crippen LogP contribution in [0.4, 0.5) is 5.69 Å². The fourth-order valence-electron chi connectivity index (χ4n) is 1.76. The Morgan fingerprint density at radius 1 is 1.37 bits per heavy atom. The van der Waals surface area contributed by atoms with Gasteiger partial charge in [0.15, 0.2) is 5.03 Å². The number of hydrogen-bond acceptors (Lipinski definition) is 4. The Hall–Kier alpha value is -1.86. The number of hydrogen-bond donors (Lipinski definition) is 2. The van der Waals surface area contributed by atoms with E-state index in [1.807, 2.05) is 18.2 Å². The second-order valence-corrected chi connectivity index (χ2v) is 5.95. The first-order valence-electron chi connectivity index (χ1n) is 5.87. The van der Waals surface area contributed by atoms with Gasteiger partial charge < -0.3 is 10.7 Å². The molecule has 102 valence electrons. The zero-order valence-corrected chi connectivity index (χ0v) is 11.4. The van der Waals surface area contributed by atoms with E-state index >= 15 is 0 Å². The third kappa shape index (κ3) is 2.77. The SMILES string of the molecule is CCN(Cc1ccccc1N)S(=O)(=O)c1cnc[nH]1. The van der Waals surface area contributed by atoms with E-state index in [4.69, 9.17) is 5.73 Å². The maximum atomic E-state index is 12.4. The van der Waals surface area contributed by atoms with Crippen molar-refractivity contribution < 1.29 is 8.42 Å². The van der Waals surface area contributed by atoms with Gasteiger partial charge in [-0.15, -0.1) is 0 Å². The molecule has 0 atom stereocenters. The number of nitrogen functional groups attached to an aromatic ring is 1. The van der Waals surface area contributed by atoms with Crippen molar-refractivity contribution in [1.82, 2.24) is 14.3 Å². The number of para-hydroxylation sites is 1. The quantitative estimate of drug-likeness (QED) is 0.805. The molecule has 0 aliphatic heterocycles. The number of anilines is 1. The van der Waals surface area contributed by atoms with E-state index in [1.54, 1.807) is 13.0 Å². The van der Waals surface area contributed by atoms with E-state index in [1.165, 1.54) is 16.8 Å². The minimum absolute atomic E-state index is 0.0869. The first kappa shape index (κ1) is 13.6. The van der Waals surface area contributed by atoms with E-state index in [2.05, 4.69) is 9.97 Å². The molecule has 0 saturated heterocycles. The van der Waals surface area contributed by atoms with Crippen molar-refractivity contribution in [3.63, 3.8) is 0 Å². The molecular weight excluding hydrogens is 264 g/mol. The lowest BCUT2D eigenvalue weighted by molar-refractivity contribution is 0.422. The van der Waals surface area contributed by atoms with Crippen molar-refractivity contribution in [2.45, 2.75) is 18.5 Å². The van der Waals surface area contributed by atoms with Crippen molar-refractivity contribution in [2.24, 2.45) is 0 Å². The van der Waals surface area contributed by atoms with Crippen LogP contribution in [0.1, 0.15) is 12.5 Å². The zero-order chi connectivity index (χ0) is 13.9. The molecular formula is C12H16N4O2S. The molecule has 0 fully saturated rings. The van der Waals surface area contributed by atoms with Gasteiger partial charge in [-0.25, -0.2) is 13.4 Å². The molecule has 6 nitrogen and oxygen atoms in total. The Morgan fingerprint density at radius 3 is 2.68 bits per heavy atom. The number of imidazole rings is 1. The monoisotopic (exact) mass is 280 g/mol. The second kappa shape index (κ2) is 5.41. The highest BCUT2D eigenvalue weighted by atomic mass is 32.2. The van der Waals surface area contributed by atoms with Crippen LogP contribution in [-0.2, 0) is 16.6 Å². The molecule has 1 aromatic heterocycles. The maximum Gasteiger partial charge on any atom is 0.260 e. The summed E-state index contributed by atoms with van der Waals surface area (Å²) in [4.78, 5) is 6.36. The van der Waals surface area contributed by atoms with Crippen molar-refractivity contribution in [3.05, 3.63) is 42.4 Å². The average molecular weight is 280 g/mol. The normalized spacial score (nSPS) is 11.9. The number of sulfonamides is 1. The third-order valence-electron chi connectivity index (χ3n) is 2.85. The van der Waals surface area contributed by atoms with E-state index in [9.17, 15) is 8.42 Å². The van der Waals surface area contributed by atoms with Gasteiger partial charge in [0.25, 0.3) is 10.0 Å². The van der Waals surface area contributed by atoms with Crippen molar-refractivity contribution in [1.29, 1.82) is 0 Å². The number of nitrogens with one attached hydrogen (secondary N) is 1. The zero-order valence-electron chi connectivity index (χ0n) is 10.6. The first-order valence-corrected chi connectivity index (χ1v) is 7.31. The lowest BCUT2D eigenvalue weighted by Gasteiger charge is -2.20. The summed E-state index contributed by atoms with van der Waals surface area (Å²) in [6.45, 7) is 2.38. The van der Waals surface area contributed by atoms with E-state index in [0.29, 0.717) is 12.2 Å². The Bertz CT molecular complexity index is 638. The van der Waals surface area contributed by atoms with Gasteiger partial charge in [-0.2, -0.15) is 4.31 Å². The largest absolute Gasteiger partial charge is 0.398 e. The molecule has 0 aliphatic rings. The predicted octanol–water partition coefficient (Wildman–Crippen LogP) is 1.20. The standard InChI is InChI=1S/C12H16N4O2S/c1-2-16(8-10-5-3-4-6-11(10)13)19(17,18)12-7-14-9-15-12/h3-7,9H,2,8,13H2,1H3,(H,14,15). The highest BCUT2D eigenvalue weighted by Crippen LogP contribution is 2.19. The van der Waals surface area contributed by atoms with Gasteiger partial charge in [-0.3, -0.25) is 0 Å². The minimum Gasteiger partial charge on any atom is -0.398 e. The van der Waals surface area contributed by atoms with Gasteiger partial charge in [-0.05, 0) is 11.6 Å². The van der Waals surface area contributed by atoms with Crippen molar-refractivity contribution in [2.75, 3.05) is 12.3 Å². The lowest BCUT2D eigenvalue weighted by Crippen LogP contribution is -2.31. The fourth-order valence-corrected chi connectivity index (χ4v) is 3.08. The molecule has 1 aromatic carbocycles.